The van der Waals surface area contributed by atoms with Gasteiger partial charge in [0.2, 0.25) is 0 Å². The molecule has 80 valence electrons. The van der Waals surface area contributed by atoms with E-state index in [0.29, 0.717) is 5.71 Å². The second kappa shape index (κ2) is 3.63. The normalized spacial score (nSPS) is 24.7. The Balaban J connectivity index is 2.20. The molecule has 6 heteroatoms. The van der Waals surface area contributed by atoms with Crippen LogP contribution in [0.15, 0.2) is 22.7 Å². The van der Waals surface area contributed by atoms with Crippen molar-refractivity contribution in [1.29, 1.82) is 0 Å². The maximum absolute atomic E-state index is 11.0. The predicted octanol–water partition coefficient (Wildman–Crippen LogP) is 0.655. The number of oxime groups is 1. The van der Waals surface area contributed by atoms with E-state index in [0.717, 1.165) is 4.88 Å². The van der Waals surface area contributed by atoms with E-state index in [-0.39, 0.29) is 13.0 Å². The van der Waals surface area contributed by atoms with E-state index in [1.165, 1.54) is 11.3 Å². The number of thiophene rings is 1. The third-order valence-electron chi connectivity index (χ3n) is 2.31. The van der Waals surface area contributed by atoms with E-state index in [1.807, 2.05) is 17.5 Å². The molecule has 2 rings (SSSR count). The van der Waals surface area contributed by atoms with Crippen LogP contribution in [-0.2, 0) is 9.63 Å². The molecule has 0 saturated carbocycles. The molecule has 1 aromatic rings. The van der Waals surface area contributed by atoms with Crippen LogP contribution < -0.4 is 5.73 Å². The average molecular weight is 226 g/mol. The smallest absolute Gasteiger partial charge is 0.352 e. The molecule has 15 heavy (non-hydrogen) atoms. The Morgan fingerprint density at radius 1 is 1.80 bits per heavy atom. The average Bonchev–Trinajstić information content (AvgIpc) is 2.87. The Morgan fingerprint density at radius 2 is 2.60 bits per heavy atom. The first-order valence-corrected chi connectivity index (χ1v) is 5.28. The summed E-state index contributed by atoms with van der Waals surface area (Å²) >= 11 is 1.50. The summed E-state index contributed by atoms with van der Waals surface area (Å²) in [4.78, 5) is 16.9. The summed E-state index contributed by atoms with van der Waals surface area (Å²) in [6, 6.07) is 3.76. The lowest BCUT2D eigenvalue weighted by Gasteiger charge is -2.18. The maximum atomic E-state index is 11.0. The Hall–Kier alpha value is -1.40. The van der Waals surface area contributed by atoms with Crippen LogP contribution in [0, 0.1) is 0 Å². The first kappa shape index (κ1) is 10.1. The van der Waals surface area contributed by atoms with Crippen molar-refractivity contribution in [2.24, 2.45) is 10.9 Å². The van der Waals surface area contributed by atoms with Crippen LogP contribution in [0.5, 0.6) is 0 Å². The number of hydrogen-bond donors (Lipinski definition) is 2. The lowest BCUT2D eigenvalue weighted by atomic mass is 9.97. The largest absolute Gasteiger partial charge is 0.478 e. The van der Waals surface area contributed by atoms with Crippen LogP contribution >= 0.6 is 11.3 Å². The fraction of sp³-hybridized carbons (Fsp3) is 0.333. The van der Waals surface area contributed by atoms with E-state index in [4.69, 9.17) is 15.7 Å². The minimum atomic E-state index is -1.38. The van der Waals surface area contributed by atoms with Gasteiger partial charge < -0.3 is 15.7 Å². The lowest BCUT2D eigenvalue weighted by molar-refractivity contribution is -0.161. The van der Waals surface area contributed by atoms with Gasteiger partial charge in [0.15, 0.2) is 0 Å². The third-order valence-corrected chi connectivity index (χ3v) is 3.23. The molecule has 1 aliphatic rings. The summed E-state index contributed by atoms with van der Waals surface area (Å²) in [7, 11) is 0. The number of nitrogens with zero attached hydrogens (tertiary/aromatic N) is 1. The molecule has 0 fully saturated rings. The van der Waals surface area contributed by atoms with E-state index >= 15 is 0 Å². The third kappa shape index (κ3) is 1.62. The molecule has 2 heterocycles. The number of rotatable bonds is 3. The molecule has 1 unspecified atom stereocenters. The van der Waals surface area contributed by atoms with Crippen molar-refractivity contribution in [2.75, 3.05) is 6.54 Å². The van der Waals surface area contributed by atoms with Crippen molar-refractivity contribution in [2.45, 2.75) is 12.0 Å². The summed E-state index contributed by atoms with van der Waals surface area (Å²) in [5.41, 5.74) is 4.68. The van der Waals surface area contributed by atoms with Crippen molar-refractivity contribution >= 4 is 23.0 Å². The van der Waals surface area contributed by atoms with Gasteiger partial charge in [0.05, 0.1) is 4.88 Å². The van der Waals surface area contributed by atoms with Gasteiger partial charge >= 0.3 is 5.97 Å². The van der Waals surface area contributed by atoms with Crippen LogP contribution in [0.4, 0.5) is 0 Å². The molecule has 0 saturated heterocycles. The van der Waals surface area contributed by atoms with Gasteiger partial charge in [0.25, 0.3) is 5.60 Å². The van der Waals surface area contributed by atoms with Crippen molar-refractivity contribution in [3.63, 3.8) is 0 Å². The molecular weight excluding hydrogens is 216 g/mol. The number of carboxylic acids is 1. The van der Waals surface area contributed by atoms with Crippen LogP contribution in [0.2, 0.25) is 0 Å². The summed E-state index contributed by atoms with van der Waals surface area (Å²) in [6.07, 6.45) is 0.222. The number of carbonyl (C=O) groups is 1. The Bertz CT molecular complexity index is 401. The highest BCUT2D eigenvalue weighted by atomic mass is 32.1. The molecule has 0 bridgehead atoms. The maximum Gasteiger partial charge on any atom is 0.352 e. The van der Waals surface area contributed by atoms with E-state index in [1.54, 1.807) is 0 Å². The standard InChI is InChI=1S/C9H10N2O3S/c10-5-9(8(12)13)4-6(11-14-9)7-2-1-3-15-7/h1-3H,4-5,10H2,(H,12,13). The van der Waals surface area contributed by atoms with Gasteiger partial charge in [-0.3, -0.25) is 0 Å². The minimum absolute atomic E-state index is 0.0826. The number of carboxylic acid groups (broad SMARTS) is 1. The summed E-state index contributed by atoms with van der Waals surface area (Å²) in [5, 5.41) is 14.7. The summed E-state index contributed by atoms with van der Waals surface area (Å²) in [5.74, 6) is -1.07. The molecule has 3 N–H and O–H groups in total. The van der Waals surface area contributed by atoms with Gasteiger partial charge in [-0.05, 0) is 11.4 Å². The van der Waals surface area contributed by atoms with Crippen LogP contribution in [0.1, 0.15) is 11.3 Å². The fourth-order valence-corrected chi connectivity index (χ4v) is 2.07. The van der Waals surface area contributed by atoms with Gasteiger partial charge in [0.1, 0.15) is 5.71 Å². The fourth-order valence-electron chi connectivity index (χ4n) is 1.36. The van der Waals surface area contributed by atoms with Crippen LogP contribution in [0.3, 0.4) is 0 Å². The summed E-state index contributed by atoms with van der Waals surface area (Å²) < 4.78 is 0. The highest BCUT2D eigenvalue weighted by Gasteiger charge is 2.46. The molecule has 0 radical (unpaired) electrons. The molecule has 1 aromatic heterocycles. The van der Waals surface area contributed by atoms with Crippen molar-refractivity contribution in [3.05, 3.63) is 22.4 Å². The SMILES string of the molecule is NCC1(C(=O)O)CC(c2cccs2)=NO1. The number of hydrogen-bond acceptors (Lipinski definition) is 5. The number of aliphatic carboxylic acids is 1. The van der Waals surface area contributed by atoms with Crippen molar-refractivity contribution in [3.8, 4) is 0 Å². The zero-order valence-corrected chi connectivity index (χ0v) is 8.66. The second-order valence-electron chi connectivity index (χ2n) is 3.29. The molecule has 5 nitrogen and oxygen atoms in total. The monoisotopic (exact) mass is 226 g/mol. The zero-order chi connectivity index (χ0) is 10.9. The highest BCUT2D eigenvalue weighted by Crippen LogP contribution is 2.27. The summed E-state index contributed by atoms with van der Waals surface area (Å²) in [6.45, 7) is -0.0826. The van der Waals surface area contributed by atoms with Gasteiger partial charge in [-0.15, -0.1) is 11.3 Å². The molecule has 0 aliphatic carbocycles. The quantitative estimate of drug-likeness (QED) is 0.792. The minimum Gasteiger partial charge on any atom is -0.478 e. The zero-order valence-electron chi connectivity index (χ0n) is 7.84. The molecule has 1 aliphatic heterocycles. The predicted molar refractivity (Wildman–Crippen MR) is 56.0 cm³/mol. The van der Waals surface area contributed by atoms with Gasteiger partial charge in [-0.2, -0.15) is 0 Å². The topological polar surface area (TPSA) is 84.9 Å². The van der Waals surface area contributed by atoms with Gasteiger partial charge in [0, 0.05) is 13.0 Å². The molecule has 1 atom stereocenters. The molecule has 0 aromatic carbocycles. The number of nitrogens with two attached hydrogens (primary N) is 1. The van der Waals surface area contributed by atoms with Crippen molar-refractivity contribution < 1.29 is 14.7 Å². The van der Waals surface area contributed by atoms with Gasteiger partial charge in [-0.25, -0.2) is 4.79 Å². The molecule has 0 amide bonds. The van der Waals surface area contributed by atoms with Crippen LogP contribution in [-0.4, -0.2) is 28.9 Å². The molecular formula is C9H10N2O3S. The second-order valence-corrected chi connectivity index (χ2v) is 4.23. The van der Waals surface area contributed by atoms with Gasteiger partial charge in [-0.1, -0.05) is 11.2 Å². The van der Waals surface area contributed by atoms with Crippen molar-refractivity contribution in [1.82, 2.24) is 0 Å². The van der Waals surface area contributed by atoms with E-state index in [2.05, 4.69) is 5.16 Å². The Labute approximate surface area is 90.1 Å². The first-order valence-electron chi connectivity index (χ1n) is 4.40. The molecule has 0 spiro atoms. The lowest BCUT2D eigenvalue weighted by Crippen LogP contribution is -2.45. The Kier molecular flexibility index (Phi) is 2.45. The highest BCUT2D eigenvalue weighted by molar-refractivity contribution is 7.12. The van der Waals surface area contributed by atoms with E-state index < -0.39 is 11.6 Å². The van der Waals surface area contributed by atoms with Crippen LogP contribution in [0.25, 0.3) is 0 Å². The Morgan fingerprint density at radius 3 is 3.07 bits per heavy atom. The first-order chi connectivity index (χ1) is 7.18. The van der Waals surface area contributed by atoms with E-state index in [9.17, 15) is 4.79 Å².